The van der Waals surface area contributed by atoms with Crippen LogP contribution < -0.4 is 20.3 Å². The van der Waals surface area contributed by atoms with Crippen LogP contribution in [0.1, 0.15) is 29.0 Å². The number of nitrogens with zero attached hydrogens (tertiary/aromatic N) is 3. The predicted octanol–water partition coefficient (Wildman–Crippen LogP) is 7.09. The van der Waals surface area contributed by atoms with Crippen LogP contribution in [0.2, 0.25) is 0 Å². The highest BCUT2D eigenvalue weighted by Crippen LogP contribution is 2.42. The molecule has 2 atom stereocenters. The molecule has 44 heavy (non-hydrogen) atoms. The number of benzene rings is 3. The predicted molar refractivity (Wildman–Crippen MR) is 166 cm³/mol. The number of nitrogens with one attached hydrogen (secondary N) is 2. The number of anilines is 2. The van der Waals surface area contributed by atoms with E-state index in [1.54, 1.807) is 53.4 Å². The molecule has 2 aromatic heterocycles. The quantitative estimate of drug-likeness (QED) is 0.182. The topological polar surface area (TPSA) is 71.4 Å². The SMILES string of the molecule is O=C(COc1ccccc1)Nc1ccc(N2C(=S)N[C@H](c3ccccn3)[C@H]2c2cccn2-c2cccc(C(F)(F)F)c2)cc1. The molecule has 0 unspecified atom stereocenters. The molecule has 1 saturated heterocycles. The van der Waals surface area contributed by atoms with Crippen molar-refractivity contribution in [3.8, 4) is 11.4 Å². The Bertz CT molecular complexity index is 1760. The van der Waals surface area contributed by atoms with Crippen LogP contribution in [0.15, 0.2) is 122 Å². The third-order valence-electron chi connectivity index (χ3n) is 7.18. The van der Waals surface area contributed by atoms with Gasteiger partial charge < -0.3 is 24.8 Å². The number of halogens is 3. The number of hydrogen-bond acceptors (Lipinski definition) is 4. The zero-order valence-corrected chi connectivity index (χ0v) is 23.9. The third-order valence-corrected chi connectivity index (χ3v) is 7.49. The van der Waals surface area contributed by atoms with Crippen molar-refractivity contribution >= 4 is 34.6 Å². The molecule has 11 heteroatoms. The van der Waals surface area contributed by atoms with E-state index in [1.807, 2.05) is 59.5 Å². The number of thiocarbonyl (C=S) groups is 1. The Labute approximate surface area is 256 Å². The summed E-state index contributed by atoms with van der Waals surface area (Å²) >= 11 is 5.81. The van der Waals surface area contributed by atoms with Crippen molar-refractivity contribution in [2.45, 2.75) is 18.3 Å². The van der Waals surface area contributed by atoms with Gasteiger partial charge in [0.1, 0.15) is 11.8 Å². The summed E-state index contributed by atoms with van der Waals surface area (Å²) in [5.41, 5.74) is 2.36. The van der Waals surface area contributed by atoms with E-state index in [9.17, 15) is 18.0 Å². The van der Waals surface area contributed by atoms with Gasteiger partial charge in [-0.25, -0.2) is 0 Å². The average molecular weight is 614 g/mol. The number of rotatable bonds is 8. The average Bonchev–Trinajstić information content (AvgIpc) is 3.65. The lowest BCUT2D eigenvalue weighted by atomic mass is 10.0. The molecule has 222 valence electrons. The number of pyridine rings is 1. The maximum atomic E-state index is 13.6. The lowest BCUT2D eigenvalue weighted by Gasteiger charge is -2.29. The van der Waals surface area contributed by atoms with Crippen molar-refractivity contribution in [3.63, 3.8) is 0 Å². The Balaban J connectivity index is 1.30. The Morgan fingerprint density at radius 3 is 2.41 bits per heavy atom. The zero-order valence-electron chi connectivity index (χ0n) is 23.1. The molecule has 1 fully saturated rings. The molecule has 3 aromatic carbocycles. The van der Waals surface area contributed by atoms with Crippen molar-refractivity contribution in [3.05, 3.63) is 139 Å². The summed E-state index contributed by atoms with van der Waals surface area (Å²) in [7, 11) is 0. The lowest BCUT2D eigenvalue weighted by Crippen LogP contribution is -2.30. The zero-order chi connectivity index (χ0) is 30.7. The van der Waals surface area contributed by atoms with Gasteiger partial charge in [-0.1, -0.05) is 30.3 Å². The lowest BCUT2D eigenvalue weighted by molar-refractivity contribution is -0.137. The smallest absolute Gasteiger partial charge is 0.416 e. The number of amides is 1. The summed E-state index contributed by atoms with van der Waals surface area (Å²) in [6.07, 6.45) is -1.06. The fraction of sp³-hybridized carbons (Fsp3) is 0.121. The molecule has 0 spiro atoms. The number of alkyl halides is 3. The number of ether oxygens (including phenoxy) is 1. The number of carbonyl (C=O) groups is 1. The van der Waals surface area contributed by atoms with Crippen LogP contribution in [-0.4, -0.2) is 27.2 Å². The van der Waals surface area contributed by atoms with Gasteiger partial charge in [0.25, 0.3) is 5.91 Å². The molecule has 5 aromatic rings. The molecular formula is C33H26F3N5O2S. The summed E-state index contributed by atoms with van der Waals surface area (Å²) in [5, 5.41) is 6.62. The first-order chi connectivity index (χ1) is 21.3. The van der Waals surface area contributed by atoms with Gasteiger partial charge in [-0.3, -0.25) is 9.78 Å². The van der Waals surface area contributed by atoms with Crippen LogP contribution in [0.4, 0.5) is 24.5 Å². The summed E-state index contributed by atoms with van der Waals surface area (Å²) in [6.45, 7) is -0.147. The Morgan fingerprint density at radius 2 is 1.68 bits per heavy atom. The van der Waals surface area contributed by atoms with E-state index in [-0.39, 0.29) is 12.5 Å². The molecule has 0 saturated carbocycles. The van der Waals surface area contributed by atoms with Gasteiger partial charge in [-0.2, -0.15) is 13.2 Å². The normalized spacial score (nSPS) is 16.4. The second kappa shape index (κ2) is 12.2. The van der Waals surface area contributed by atoms with Crippen LogP contribution in [0.5, 0.6) is 5.75 Å². The van der Waals surface area contributed by atoms with Crippen molar-refractivity contribution in [1.82, 2.24) is 14.9 Å². The molecule has 7 nitrogen and oxygen atoms in total. The van der Waals surface area contributed by atoms with Gasteiger partial charge in [0.15, 0.2) is 11.7 Å². The Hall–Kier alpha value is -5.16. The molecule has 1 amide bonds. The van der Waals surface area contributed by atoms with Crippen LogP contribution in [-0.2, 0) is 11.0 Å². The molecular weight excluding hydrogens is 587 g/mol. The number of aromatic nitrogens is 2. The summed E-state index contributed by atoms with van der Waals surface area (Å²) in [4.78, 5) is 19.0. The van der Waals surface area contributed by atoms with Gasteiger partial charge >= 0.3 is 6.18 Å². The van der Waals surface area contributed by atoms with Crippen molar-refractivity contribution in [2.24, 2.45) is 0 Å². The monoisotopic (exact) mass is 613 g/mol. The molecule has 3 heterocycles. The minimum atomic E-state index is -4.48. The van der Waals surface area contributed by atoms with E-state index in [1.165, 1.54) is 6.07 Å². The highest BCUT2D eigenvalue weighted by Gasteiger charge is 2.42. The van der Waals surface area contributed by atoms with Gasteiger partial charge in [0, 0.05) is 35.1 Å². The first kappa shape index (κ1) is 28.9. The first-order valence-electron chi connectivity index (χ1n) is 13.7. The highest BCUT2D eigenvalue weighted by atomic mass is 32.1. The number of carbonyl (C=O) groups excluding carboxylic acids is 1. The Morgan fingerprint density at radius 1 is 0.909 bits per heavy atom. The van der Waals surface area contributed by atoms with Crippen LogP contribution >= 0.6 is 12.2 Å². The minimum Gasteiger partial charge on any atom is -0.484 e. The van der Waals surface area contributed by atoms with Gasteiger partial charge in [-0.05, 0) is 91.1 Å². The summed E-state index contributed by atoms with van der Waals surface area (Å²) < 4.78 is 48.0. The minimum absolute atomic E-state index is 0.147. The van der Waals surface area contributed by atoms with E-state index in [2.05, 4.69) is 15.6 Å². The number of hydrogen-bond donors (Lipinski definition) is 2. The molecule has 2 N–H and O–H groups in total. The standard InChI is InChI=1S/C33H26F3N5O2S/c34-33(35,36)22-8-6-9-25(20-22)40-19-7-13-28(40)31-30(27-12-4-5-18-37-27)39-32(44)41(31)24-16-14-23(15-17-24)38-29(42)21-43-26-10-2-1-3-11-26/h1-20,30-31H,21H2,(H,38,42)(H,39,44)/t30-,31-/m1/s1. The van der Waals surface area contributed by atoms with Crippen molar-refractivity contribution in [2.75, 3.05) is 16.8 Å². The van der Waals surface area contributed by atoms with E-state index in [0.717, 1.165) is 23.5 Å². The second-order valence-electron chi connectivity index (χ2n) is 10.0. The van der Waals surface area contributed by atoms with E-state index in [0.29, 0.717) is 27.9 Å². The highest BCUT2D eigenvalue weighted by molar-refractivity contribution is 7.80. The van der Waals surface area contributed by atoms with Gasteiger partial charge in [0.2, 0.25) is 0 Å². The molecule has 6 rings (SSSR count). The summed E-state index contributed by atoms with van der Waals surface area (Å²) in [6, 6.07) is 29.8. The molecule has 1 aliphatic heterocycles. The Kier molecular flexibility index (Phi) is 8.03. The molecule has 0 radical (unpaired) electrons. The van der Waals surface area contributed by atoms with Gasteiger partial charge in [-0.15, -0.1) is 0 Å². The molecule has 1 aliphatic rings. The van der Waals surface area contributed by atoms with E-state index < -0.39 is 23.8 Å². The summed E-state index contributed by atoms with van der Waals surface area (Å²) in [5.74, 6) is 0.281. The number of para-hydroxylation sites is 1. The molecule has 0 aliphatic carbocycles. The van der Waals surface area contributed by atoms with Gasteiger partial charge in [0.05, 0.1) is 17.3 Å². The first-order valence-corrected chi connectivity index (χ1v) is 14.1. The van der Waals surface area contributed by atoms with Crippen LogP contribution in [0.3, 0.4) is 0 Å². The van der Waals surface area contributed by atoms with E-state index >= 15 is 0 Å². The fourth-order valence-corrected chi connectivity index (χ4v) is 5.55. The fourth-order valence-electron chi connectivity index (χ4n) is 5.20. The van der Waals surface area contributed by atoms with Crippen LogP contribution in [0, 0.1) is 0 Å². The maximum Gasteiger partial charge on any atom is 0.416 e. The molecule has 0 bridgehead atoms. The van der Waals surface area contributed by atoms with Crippen molar-refractivity contribution < 1.29 is 22.7 Å². The largest absolute Gasteiger partial charge is 0.484 e. The van der Waals surface area contributed by atoms with E-state index in [4.69, 9.17) is 17.0 Å². The van der Waals surface area contributed by atoms with Crippen molar-refractivity contribution in [1.29, 1.82) is 0 Å². The third kappa shape index (κ3) is 6.13. The second-order valence-corrected chi connectivity index (χ2v) is 10.4. The maximum absolute atomic E-state index is 13.6. The van der Waals surface area contributed by atoms with Crippen LogP contribution in [0.25, 0.3) is 5.69 Å².